The number of carbonyl (C=O) groups is 1. The molecule has 0 amide bonds. The van der Waals surface area contributed by atoms with Crippen LogP contribution in [0.4, 0.5) is 0 Å². The third-order valence-electron chi connectivity index (χ3n) is 3.16. The third kappa shape index (κ3) is 2.52. The summed E-state index contributed by atoms with van der Waals surface area (Å²) < 4.78 is 5.34. The number of hydrogen-bond acceptors (Lipinski definition) is 3. The Bertz CT molecular complexity index is 645. The summed E-state index contributed by atoms with van der Waals surface area (Å²) in [5, 5.41) is 9.22. The quantitative estimate of drug-likeness (QED) is 0.897. The van der Waals surface area contributed by atoms with Crippen molar-refractivity contribution in [1.29, 1.82) is 0 Å². The highest BCUT2D eigenvalue weighted by Gasteiger charge is 2.18. The smallest absolute Gasteiger partial charge is 0.354 e. The van der Waals surface area contributed by atoms with Gasteiger partial charge in [-0.2, -0.15) is 0 Å². The van der Waals surface area contributed by atoms with Gasteiger partial charge in [-0.25, -0.2) is 9.78 Å². The second kappa shape index (κ2) is 5.36. The van der Waals surface area contributed by atoms with Gasteiger partial charge < -0.3 is 14.8 Å². The number of nitrogens with zero attached hydrogens (tertiary/aromatic N) is 1. The number of ether oxygens (including phenoxy) is 1. The van der Waals surface area contributed by atoms with Crippen LogP contribution in [0.1, 0.15) is 41.6 Å². The molecule has 1 heterocycles. The molecule has 0 aliphatic carbocycles. The first kappa shape index (κ1) is 14.1. The molecule has 2 N–H and O–H groups in total. The summed E-state index contributed by atoms with van der Waals surface area (Å²) in [4.78, 5) is 18.3. The molecule has 2 rings (SSSR count). The van der Waals surface area contributed by atoms with Crippen LogP contribution in [-0.4, -0.2) is 28.2 Å². The summed E-state index contributed by atoms with van der Waals surface area (Å²) in [6.45, 7) is 5.87. The van der Waals surface area contributed by atoms with Crippen LogP contribution in [0.25, 0.3) is 11.3 Å². The van der Waals surface area contributed by atoms with E-state index < -0.39 is 5.97 Å². The Hall–Kier alpha value is -2.30. The number of nitrogens with one attached hydrogen (secondary N) is 1. The van der Waals surface area contributed by atoms with E-state index in [1.54, 1.807) is 14.0 Å². The van der Waals surface area contributed by atoms with Crippen molar-refractivity contribution in [3.05, 3.63) is 35.3 Å². The summed E-state index contributed by atoms with van der Waals surface area (Å²) in [6.07, 6.45) is 0. The summed E-state index contributed by atoms with van der Waals surface area (Å²) in [5.74, 6) is 0.646. The molecular formula is C15H18N2O3. The number of carboxylic acid groups (broad SMARTS) is 1. The zero-order chi connectivity index (χ0) is 14.9. The van der Waals surface area contributed by atoms with E-state index in [9.17, 15) is 9.90 Å². The number of rotatable bonds is 4. The fraction of sp³-hybridized carbons (Fsp3) is 0.333. The number of hydrogen-bond donors (Lipinski definition) is 2. The van der Waals surface area contributed by atoms with Gasteiger partial charge in [-0.15, -0.1) is 0 Å². The number of aromatic amines is 1. The van der Waals surface area contributed by atoms with Crippen molar-refractivity contribution < 1.29 is 14.6 Å². The average molecular weight is 274 g/mol. The lowest BCUT2D eigenvalue weighted by molar-refractivity contribution is 0.0692. The summed E-state index contributed by atoms with van der Waals surface area (Å²) in [7, 11) is 1.63. The Morgan fingerprint density at radius 2 is 2.10 bits per heavy atom. The topological polar surface area (TPSA) is 75.2 Å². The van der Waals surface area contributed by atoms with Gasteiger partial charge in [-0.3, -0.25) is 0 Å². The molecule has 1 aromatic carbocycles. The minimum absolute atomic E-state index is 0.113. The molecule has 0 unspecified atom stereocenters. The van der Waals surface area contributed by atoms with E-state index in [1.807, 2.05) is 18.2 Å². The molecular weight excluding hydrogens is 256 g/mol. The zero-order valence-electron chi connectivity index (χ0n) is 12.0. The normalized spacial score (nSPS) is 10.8. The average Bonchev–Trinajstić information content (AvgIpc) is 2.80. The van der Waals surface area contributed by atoms with E-state index >= 15 is 0 Å². The first-order valence-corrected chi connectivity index (χ1v) is 6.42. The maximum Gasteiger partial charge on any atom is 0.354 e. The van der Waals surface area contributed by atoms with Crippen molar-refractivity contribution in [3.8, 4) is 17.0 Å². The van der Waals surface area contributed by atoms with Crippen molar-refractivity contribution in [3.63, 3.8) is 0 Å². The number of aromatic carboxylic acids is 1. The molecule has 0 saturated carbocycles. The van der Waals surface area contributed by atoms with Gasteiger partial charge in [0.25, 0.3) is 0 Å². The minimum Gasteiger partial charge on any atom is -0.496 e. The van der Waals surface area contributed by atoms with Crippen molar-refractivity contribution in [2.45, 2.75) is 26.7 Å². The molecule has 0 saturated heterocycles. The number of aryl methyl sites for hydroxylation is 1. The lowest BCUT2D eigenvalue weighted by Gasteiger charge is -2.13. The van der Waals surface area contributed by atoms with Crippen LogP contribution < -0.4 is 4.74 Å². The van der Waals surface area contributed by atoms with Gasteiger partial charge in [0.15, 0.2) is 5.69 Å². The Morgan fingerprint density at radius 1 is 1.40 bits per heavy atom. The predicted octanol–water partition coefficient (Wildman–Crippen LogP) is 3.22. The number of aromatic nitrogens is 2. The molecule has 0 bridgehead atoms. The standard InChI is InChI=1S/C15H18N2O3/c1-8(2)11-7-10(5-6-12(11)20-4)13-14(15(18)19)17-9(3)16-13/h5-8H,1-4H3,(H,16,17)(H,18,19). The highest BCUT2D eigenvalue weighted by atomic mass is 16.5. The monoisotopic (exact) mass is 274 g/mol. The van der Waals surface area contributed by atoms with Crippen LogP contribution in [0.2, 0.25) is 0 Å². The highest BCUT2D eigenvalue weighted by Crippen LogP contribution is 2.32. The van der Waals surface area contributed by atoms with Gasteiger partial charge in [0.2, 0.25) is 0 Å². The van der Waals surface area contributed by atoms with Crippen LogP contribution >= 0.6 is 0 Å². The van der Waals surface area contributed by atoms with Crippen LogP contribution in [0.3, 0.4) is 0 Å². The Kier molecular flexibility index (Phi) is 3.79. The summed E-state index contributed by atoms with van der Waals surface area (Å²) in [5.41, 5.74) is 2.38. The molecule has 0 aliphatic heterocycles. The number of H-pyrrole nitrogens is 1. The van der Waals surface area contributed by atoms with Crippen LogP contribution in [-0.2, 0) is 0 Å². The fourth-order valence-electron chi connectivity index (χ4n) is 2.19. The van der Waals surface area contributed by atoms with E-state index in [-0.39, 0.29) is 11.6 Å². The first-order chi connectivity index (χ1) is 9.43. The van der Waals surface area contributed by atoms with Gasteiger partial charge in [-0.05, 0) is 36.6 Å². The molecule has 0 aliphatic rings. The number of carboxylic acids is 1. The van der Waals surface area contributed by atoms with Crippen LogP contribution in [0.5, 0.6) is 5.75 Å². The fourth-order valence-corrected chi connectivity index (χ4v) is 2.19. The molecule has 1 aromatic heterocycles. The van der Waals surface area contributed by atoms with Gasteiger partial charge >= 0.3 is 5.97 Å². The lowest BCUT2D eigenvalue weighted by atomic mass is 9.98. The number of methoxy groups -OCH3 is 1. The molecule has 106 valence electrons. The molecule has 0 atom stereocenters. The molecule has 0 spiro atoms. The van der Waals surface area contributed by atoms with E-state index in [2.05, 4.69) is 23.8 Å². The second-order valence-electron chi connectivity index (χ2n) is 4.96. The Labute approximate surface area is 117 Å². The molecule has 5 heteroatoms. The Morgan fingerprint density at radius 3 is 2.65 bits per heavy atom. The first-order valence-electron chi connectivity index (χ1n) is 6.42. The van der Waals surface area contributed by atoms with Crippen LogP contribution in [0, 0.1) is 6.92 Å². The van der Waals surface area contributed by atoms with Crippen molar-refractivity contribution in [2.75, 3.05) is 7.11 Å². The van der Waals surface area contributed by atoms with Crippen LogP contribution in [0.15, 0.2) is 18.2 Å². The highest BCUT2D eigenvalue weighted by molar-refractivity contribution is 5.93. The second-order valence-corrected chi connectivity index (χ2v) is 4.96. The molecule has 20 heavy (non-hydrogen) atoms. The van der Waals surface area contributed by atoms with Gasteiger partial charge in [0.1, 0.15) is 17.3 Å². The maximum absolute atomic E-state index is 11.3. The van der Waals surface area contributed by atoms with Gasteiger partial charge in [-0.1, -0.05) is 13.8 Å². The number of imidazole rings is 1. The Balaban J connectivity index is 2.59. The minimum atomic E-state index is -1.01. The van der Waals surface area contributed by atoms with Gasteiger partial charge in [0.05, 0.1) is 7.11 Å². The van der Waals surface area contributed by atoms with E-state index in [1.165, 1.54) is 0 Å². The van der Waals surface area contributed by atoms with E-state index in [0.717, 1.165) is 16.9 Å². The lowest BCUT2D eigenvalue weighted by Crippen LogP contribution is -2.00. The largest absolute Gasteiger partial charge is 0.496 e. The van der Waals surface area contributed by atoms with Crippen molar-refractivity contribution in [1.82, 2.24) is 9.97 Å². The van der Waals surface area contributed by atoms with E-state index in [4.69, 9.17) is 4.74 Å². The third-order valence-corrected chi connectivity index (χ3v) is 3.16. The van der Waals surface area contributed by atoms with Gasteiger partial charge in [0, 0.05) is 5.56 Å². The molecule has 0 radical (unpaired) electrons. The SMILES string of the molecule is COc1ccc(-c2nc(C)[nH]c2C(=O)O)cc1C(C)C. The predicted molar refractivity (Wildman–Crippen MR) is 76.4 cm³/mol. The zero-order valence-corrected chi connectivity index (χ0v) is 12.0. The number of benzene rings is 1. The van der Waals surface area contributed by atoms with Crippen molar-refractivity contribution >= 4 is 5.97 Å². The molecule has 0 fully saturated rings. The van der Waals surface area contributed by atoms with Crippen molar-refractivity contribution in [2.24, 2.45) is 0 Å². The van der Waals surface area contributed by atoms with E-state index in [0.29, 0.717) is 11.5 Å². The maximum atomic E-state index is 11.3. The molecule has 2 aromatic rings. The summed E-state index contributed by atoms with van der Waals surface area (Å²) in [6, 6.07) is 5.61. The molecule has 5 nitrogen and oxygen atoms in total. The summed E-state index contributed by atoms with van der Waals surface area (Å²) >= 11 is 0.